The second-order valence-electron chi connectivity index (χ2n) is 5.39. The van der Waals surface area contributed by atoms with E-state index >= 15 is 0 Å². The summed E-state index contributed by atoms with van der Waals surface area (Å²) in [5, 5.41) is 3.51. The van der Waals surface area contributed by atoms with Gasteiger partial charge in [0.05, 0.1) is 23.8 Å². The van der Waals surface area contributed by atoms with Crippen molar-refractivity contribution >= 4 is 29.1 Å². The highest BCUT2D eigenvalue weighted by Crippen LogP contribution is 2.21. The number of nitrogens with zero attached hydrogens (tertiary/aromatic N) is 3. The number of anilines is 2. The Morgan fingerprint density at radius 3 is 2.83 bits per heavy atom. The third-order valence-electron chi connectivity index (χ3n) is 3.73. The van der Waals surface area contributed by atoms with Crippen LogP contribution in [0.1, 0.15) is 15.9 Å². The summed E-state index contributed by atoms with van der Waals surface area (Å²) >= 11 is 6.13. The Labute approximate surface area is 144 Å². The minimum Gasteiger partial charge on any atom is -0.378 e. The molecule has 0 radical (unpaired) electrons. The number of amides is 1. The molecular formula is C16H18ClN5O2. The average molecular weight is 348 g/mol. The molecule has 0 atom stereocenters. The first-order valence-electron chi connectivity index (χ1n) is 7.60. The van der Waals surface area contributed by atoms with Crippen LogP contribution in [-0.4, -0.2) is 42.2 Å². The van der Waals surface area contributed by atoms with Gasteiger partial charge in [0.1, 0.15) is 11.6 Å². The van der Waals surface area contributed by atoms with E-state index < -0.39 is 5.91 Å². The number of hydrogen-bond acceptors (Lipinski definition) is 6. The lowest BCUT2D eigenvalue weighted by atomic mass is 10.2. The van der Waals surface area contributed by atoms with Crippen LogP contribution in [0.15, 0.2) is 30.6 Å². The Kier molecular flexibility index (Phi) is 5.12. The topological polar surface area (TPSA) is 93.4 Å². The Bertz CT molecular complexity index is 734. The van der Waals surface area contributed by atoms with Gasteiger partial charge in [0.15, 0.2) is 0 Å². The van der Waals surface area contributed by atoms with Crippen LogP contribution in [-0.2, 0) is 11.3 Å². The summed E-state index contributed by atoms with van der Waals surface area (Å²) in [4.78, 5) is 21.9. The zero-order valence-electron chi connectivity index (χ0n) is 13.0. The van der Waals surface area contributed by atoms with E-state index in [9.17, 15) is 4.79 Å². The molecule has 7 nitrogen and oxygen atoms in total. The predicted octanol–water partition coefficient (Wildman–Crippen LogP) is 1.68. The molecule has 3 N–H and O–H groups in total. The van der Waals surface area contributed by atoms with E-state index in [1.54, 1.807) is 6.20 Å². The molecule has 0 aromatic carbocycles. The van der Waals surface area contributed by atoms with Crippen molar-refractivity contribution < 1.29 is 9.53 Å². The van der Waals surface area contributed by atoms with Crippen molar-refractivity contribution in [3.05, 3.63) is 46.7 Å². The highest BCUT2D eigenvalue weighted by Gasteiger charge is 2.13. The number of ether oxygens (including phenoxy) is 1. The van der Waals surface area contributed by atoms with E-state index in [0.717, 1.165) is 37.7 Å². The molecule has 3 heterocycles. The van der Waals surface area contributed by atoms with Gasteiger partial charge in [0.25, 0.3) is 0 Å². The number of nitrogens with two attached hydrogens (primary N) is 1. The monoisotopic (exact) mass is 347 g/mol. The summed E-state index contributed by atoms with van der Waals surface area (Å²) in [5.41, 5.74) is 6.55. The molecule has 0 saturated carbocycles. The zero-order valence-corrected chi connectivity index (χ0v) is 13.8. The van der Waals surface area contributed by atoms with Crippen molar-refractivity contribution in [3.8, 4) is 0 Å². The number of carbonyl (C=O) groups is 1. The van der Waals surface area contributed by atoms with Gasteiger partial charge in [-0.3, -0.25) is 4.79 Å². The van der Waals surface area contributed by atoms with Crippen LogP contribution in [0.25, 0.3) is 0 Å². The van der Waals surface area contributed by atoms with Crippen LogP contribution in [0.4, 0.5) is 11.6 Å². The van der Waals surface area contributed by atoms with Gasteiger partial charge in [0, 0.05) is 32.0 Å². The molecule has 24 heavy (non-hydrogen) atoms. The maximum Gasteiger partial charge on any atom is 0.250 e. The second-order valence-corrected chi connectivity index (χ2v) is 5.80. The van der Waals surface area contributed by atoms with Crippen LogP contribution in [0.3, 0.4) is 0 Å². The number of primary amides is 1. The van der Waals surface area contributed by atoms with Crippen LogP contribution in [0.2, 0.25) is 5.02 Å². The van der Waals surface area contributed by atoms with E-state index in [-0.39, 0.29) is 5.56 Å². The van der Waals surface area contributed by atoms with E-state index in [1.165, 1.54) is 12.3 Å². The van der Waals surface area contributed by atoms with E-state index in [4.69, 9.17) is 22.1 Å². The number of aromatic nitrogens is 2. The standard InChI is InChI=1S/C16H18ClN5O2/c17-13-8-12(15(18)23)10-21-16(13)20-9-11-1-2-19-14(7-11)22-3-5-24-6-4-22/h1-2,7-8,10H,3-6,9H2,(H2,18,23)(H,20,21). The predicted molar refractivity (Wildman–Crippen MR) is 92.4 cm³/mol. The van der Waals surface area contributed by atoms with Crippen molar-refractivity contribution in [2.24, 2.45) is 5.73 Å². The molecule has 1 fully saturated rings. The molecule has 1 amide bonds. The largest absolute Gasteiger partial charge is 0.378 e. The lowest BCUT2D eigenvalue weighted by molar-refractivity contribution is 0.1000. The normalized spacial score (nSPS) is 14.5. The third-order valence-corrected chi connectivity index (χ3v) is 4.02. The Morgan fingerprint density at radius 2 is 2.12 bits per heavy atom. The molecule has 8 heteroatoms. The molecule has 0 aliphatic carbocycles. The molecule has 1 saturated heterocycles. The highest BCUT2D eigenvalue weighted by molar-refractivity contribution is 6.33. The van der Waals surface area contributed by atoms with Gasteiger partial charge in [-0.15, -0.1) is 0 Å². The van der Waals surface area contributed by atoms with Crippen LogP contribution >= 0.6 is 11.6 Å². The van der Waals surface area contributed by atoms with Crippen LogP contribution < -0.4 is 16.0 Å². The maximum absolute atomic E-state index is 11.1. The Hall–Kier alpha value is -2.38. The summed E-state index contributed by atoms with van der Waals surface area (Å²) in [6.45, 7) is 3.66. The first-order valence-corrected chi connectivity index (χ1v) is 7.98. The molecule has 1 aliphatic heterocycles. The van der Waals surface area contributed by atoms with Gasteiger partial charge >= 0.3 is 0 Å². The van der Waals surface area contributed by atoms with Crippen LogP contribution in [0.5, 0.6) is 0 Å². The minimum atomic E-state index is -0.555. The summed E-state index contributed by atoms with van der Waals surface area (Å²) in [7, 11) is 0. The molecule has 1 aliphatic rings. The Morgan fingerprint density at radius 1 is 1.33 bits per heavy atom. The van der Waals surface area contributed by atoms with Gasteiger partial charge < -0.3 is 20.7 Å². The molecule has 2 aromatic heterocycles. The summed E-state index contributed by atoms with van der Waals surface area (Å²) in [5.74, 6) is 0.882. The molecule has 2 aromatic rings. The fraction of sp³-hybridized carbons (Fsp3) is 0.312. The number of morpholine rings is 1. The molecule has 3 rings (SSSR count). The number of carbonyl (C=O) groups excluding carboxylic acids is 1. The fourth-order valence-electron chi connectivity index (χ4n) is 2.42. The average Bonchev–Trinajstić information content (AvgIpc) is 2.61. The quantitative estimate of drug-likeness (QED) is 0.854. The van der Waals surface area contributed by atoms with Gasteiger partial charge in [-0.25, -0.2) is 9.97 Å². The van der Waals surface area contributed by atoms with Crippen molar-refractivity contribution in [1.29, 1.82) is 0 Å². The number of nitrogens with one attached hydrogen (secondary N) is 1. The molecule has 0 bridgehead atoms. The van der Waals surface area contributed by atoms with E-state index in [0.29, 0.717) is 17.4 Å². The molecule has 126 valence electrons. The van der Waals surface area contributed by atoms with Gasteiger partial charge in [-0.2, -0.15) is 0 Å². The first-order chi connectivity index (χ1) is 11.6. The summed E-state index contributed by atoms with van der Waals surface area (Å²) < 4.78 is 5.36. The number of halogens is 1. The lowest BCUT2D eigenvalue weighted by Gasteiger charge is -2.28. The zero-order chi connectivity index (χ0) is 16.9. The molecular weight excluding hydrogens is 330 g/mol. The smallest absolute Gasteiger partial charge is 0.250 e. The third kappa shape index (κ3) is 3.93. The van der Waals surface area contributed by atoms with Crippen molar-refractivity contribution in [1.82, 2.24) is 9.97 Å². The highest BCUT2D eigenvalue weighted by atomic mass is 35.5. The van der Waals surface area contributed by atoms with E-state index in [1.807, 2.05) is 12.1 Å². The SMILES string of the molecule is NC(=O)c1cnc(NCc2ccnc(N3CCOCC3)c2)c(Cl)c1. The summed E-state index contributed by atoms with van der Waals surface area (Å²) in [6, 6.07) is 5.47. The van der Waals surface area contributed by atoms with Crippen molar-refractivity contribution in [2.75, 3.05) is 36.5 Å². The second kappa shape index (κ2) is 7.46. The van der Waals surface area contributed by atoms with Gasteiger partial charge in [-0.1, -0.05) is 11.6 Å². The molecule has 0 unspecified atom stereocenters. The minimum absolute atomic E-state index is 0.282. The van der Waals surface area contributed by atoms with Crippen molar-refractivity contribution in [3.63, 3.8) is 0 Å². The number of rotatable bonds is 5. The van der Waals surface area contributed by atoms with Gasteiger partial charge in [-0.05, 0) is 23.8 Å². The summed E-state index contributed by atoms with van der Waals surface area (Å²) in [6.07, 6.45) is 3.19. The van der Waals surface area contributed by atoms with Crippen molar-refractivity contribution in [2.45, 2.75) is 6.54 Å². The van der Waals surface area contributed by atoms with Crippen LogP contribution in [0, 0.1) is 0 Å². The van der Waals surface area contributed by atoms with Gasteiger partial charge in [0.2, 0.25) is 5.91 Å². The lowest BCUT2D eigenvalue weighted by Crippen LogP contribution is -2.36. The first kappa shape index (κ1) is 16.5. The number of pyridine rings is 2. The Balaban J connectivity index is 1.67. The maximum atomic E-state index is 11.1. The fourth-order valence-corrected chi connectivity index (χ4v) is 2.66. The van der Waals surface area contributed by atoms with E-state index in [2.05, 4.69) is 20.2 Å². The molecule has 0 spiro atoms. The number of hydrogen-bond donors (Lipinski definition) is 2.